The third kappa shape index (κ3) is 5.84. The van der Waals surface area contributed by atoms with E-state index in [1.807, 2.05) is 12.1 Å². The first-order valence-electron chi connectivity index (χ1n) is 10.1. The third-order valence-corrected chi connectivity index (χ3v) is 8.11. The lowest BCUT2D eigenvalue weighted by molar-refractivity contribution is 0.0781. The molecule has 0 amide bonds. The van der Waals surface area contributed by atoms with Crippen molar-refractivity contribution in [1.82, 2.24) is 5.32 Å². The van der Waals surface area contributed by atoms with E-state index in [1.54, 1.807) is 18.2 Å². The Morgan fingerprint density at radius 3 is 2.50 bits per heavy atom. The zero-order chi connectivity index (χ0) is 22.1. The van der Waals surface area contributed by atoms with E-state index >= 15 is 0 Å². The number of aromatic hydroxyl groups is 1. The van der Waals surface area contributed by atoms with Crippen LogP contribution in [0.3, 0.4) is 0 Å². The summed E-state index contributed by atoms with van der Waals surface area (Å²) in [6.45, 7) is 6.97. The number of benzene rings is 2. The van der Waals surface area contributed by atoms with Crippen molar-refractivity contribution in [3.8, 4) is 5.75 Å². The Balaban J connectivity index is 1.72. The molecule has 2 aromatic rings. The van der Waals surface area contributed by atoms with Crippen LogP contribution in [0, 0.1) is 5.92 Å². The predicted molar refractivity (Wildman–Crippen MR) is 123 cm³/mol. The lowest BCUT2D eigenvalue weighted by Crippen LogP contribution is -2.54. The molecule has 2 aromatic carbocycles. The molecule has 1 aliphatic heterocycles. The fourth-order valence-corrected chi connectivity index (χ4v) is 6.32. The molecule has 1 fully saturated rings. The Hall–Kier alpha value is -1.41. The fraction of sp³-hybridized carbons (Fsp3) is 0.478. The van der Waals surface area contributed by atoms with Crippen LogP contribution in [-0.4, -0.2) is 42.3 Å². The Bertz CT molecular complexity index is 1000. The van der Waals surface area contributed by atoms with Crippen LogP contribution in [-0.2, 0) is 28.2 Å². The number of hydrogen-bond donors (Lipinski definition) is 3. The Morgan fingerprint density at radius 1 is 1.10 bits per heavy atom. The molecule has 3 N–H and O–H groups in total. The number of halogens is 1. The van der Waals surface area contributed by atoms with Crippen LogP contribution in [0.4, 0.5) is 0 Å². The average Bonchev–Trinajstić information content (AvgIpc) is 2.65. The minimum Gasteiger partial charge on any atom is -0.507 e. The molecule has 0 spiro atoms. The fourth-order valence-electron chi connectivity index (χ4n) is 3.93. The molecule has 7 heteroatoms. The molecule has 0 bridgehead atoms. The summed E-state index contributed by atoms with van der Waals surface area (Å²) in [5.74, 6) is -0.376. The lowest BCUT2D eigenvalue weighted by Gasteiger charge is -2.35. The second-order valence-electron chi connectivity index (χ2n) is 9.26. The van der Waals surface area contributed by atoms with E-state index in [9.17, 15) is 18.6 Å². The van der Waals surface area contributed by atoms with Gasteiger partial charge in [0.25, 0.3) is 0 Å². The number of phenols is 1. The number of hydrogen-bond acceptors (Lipinski definition) is 5. The Morgan fingerprint density at radius 2 is 1.83 bits per heavy atom. The van der Waals surface area contributed by atoms with Gasteiger partial charge in [0.05, 0.1) is 22.1 Å². The number of nitrogens with one attached hydrogen (secondary N) is 1. The first kappa shape index (κ1) is 23.3. The second kappa shape index (κ2) is 8.99. The van der Waals surface area contributed by atoms with E-state index in [2.05, 4.69) is 54.2 Å². The summed E-state index contributed by atoms with van der Waals surface area (Å²) < 4.78 is 25.6. The number of aliphatic hydroxyl groups is 1. The number of rotatable bonds is 5. The molecular weight excluding hydrogens is 466 g/mol. The van der Waals surface area contributed by atoms with Crippen molar-refractivity contribution in [1.29, 1.82) is 0 Å². The molecule has 3 atom stereocenters. The van der Waals surface area contributed by atoms with Crippen LogP contribution in [0.1, 0.15) is 37.5 Å². The summed E-state index contributed by atoms with van der Waals surface area (Å²) in [6.07, 6.45) is -0.344. The smallest absolute Gasteiger partial charge is 0.152 e. The molecule has 164 valence electrons. The van der Waals surface area contributed by atoms with Crippen molar-refractivity contribution in [3.05, 3.63) is 63.6 Å². The lowest BCUT2D eigenvalue weighted by atomic mass is 9.86. The van der Waals surface area contributed by atoms with Crippen molar-refractivity contribution >= 4 is 25.8 Å². The van der Waals surface area contributed by atoms with Crippen LogP contribution in [0.2, 0.25) is 0 Å². The molecule has 0 saturated carbocycles. The van der Waals surface area contributed by atoms with E-state index in [1.165, 1.54) is 5.56 Å². The summed E-state index contributed by atoms with van der Waals surface area (Å²) in [4.78, 5) is 0. The van der Waals surface area contributed by atoms with Crippen LogP contribution < -0.4 is 5.32 Å². The van der Waals surface area contributed by atoms with E-state index in [0.29, 0.717) is 17.4 Å². The van der Waals surface area contributed by atoms with Gasteiger partial charge in [-0.1, -0.05) is 51.1 Å². The minimum atomic E-state index is -3.27. The highest BCUT2D eigenvalue weighted by atomic mass is 79.9. The van der Waals surface area contributed by atoms with Crippen molar-refractivity contribution in [2.75, 3.05) is 11.5 Å². The predicted octanol–water partition coefficient (Wildman–Crippen LogP) is 3.56. The van der Waals surface area contributed by atoms with Crippen molar-refractivity contribution in [2.24, 2.45) is 5.92 Å². The van der Waals surface area contributed by atoms with Crippen LogP contribution in [0.15, 0.2) is 46.9 Å². The maximum absolute atomic E-state index is 12.5. The Labute approximate surface area is 187 Å². The molecule has 5 nitrogen and oxygen atoms in total. The Kier molecular flexibility index (Phi) is 6.97. The monoisotopic (exact) mass is 495 g/mol. The van der Waals surface area contributed by atoms with Crippen LogP contribution in [0.25, 0.3) is 0 Å². The molecule has 0 aliphatic carbocycles. The van der Waals surface area contributed by atoms with Crippen molar-refractivity contribution < 1.29 is 18.6 Å². The van der Waals surface area contributed by atoms with Gasteiger partial charge in [-0.25, -0.2) is 8.42 Å². The molecule has 0 radical (unpaired) electrons. The van der Waals surface area contributed by atoms with Crippen LogP contribution in [0.5, 0.6) is 5.75 Å². The topological polar surface area (TPSA) is 86.6 Å². The summed E-state index contributed by atoms with van der Waals surface area (Å²) >= 11 is 3.29. The van der Waals surface area contributed by atoms with Gasteiger partial charge in [0.1, 0.15) is 5.75 Å². The molecular formula is C23H30BrNO4S. The van der Waals surface area contributed by atoms with Gasteiger partial charge in [-0.3, -0.25) is 0 Å². The quantitative estimate of drug-likeness (QED) is 0.590. The molecule has 1 saturated heterocycles. The van der Waals surface area contributed by atoms with Gasteiger partial charge in [0, 0.05) is 18.5 Å². The van der Waals surface area contributed by atoms with Gasteiger partial charge < -0.3 is 15.5 Å². The maximum atomic E-state index is 12.5. The summed E-state index contributed by atoms with van der Waals surface area (Å²) in [6, 6.07) is 12.8. The highest BCUT2D eigenvalue weighted by Crippen LogP contribution is 2.29. The van der Waals surface area contributed by atoms with E-state index < -0.39 is 27.9 Å². The summed E-state index contributed by atoms with van der Waals surface area (Å²) in [7, 11) is -3.27. The van der Waals surface area contributed by atoms with Crippen LogP contribution >= 0.6 is 15.9 Å². The van der Waals surface area contributed by atoms with Crippen molar-refractivity contribution in [2.45, 2.75) is 51.3 Å². The van der Waals surface area contributed by atoms with Gasteiger partial charge in [-0.15, -0.1) is 0 Å². The normalized spacial score (nSPS) is 24.0. The summed E-state index contributed by atoms with van der Waals surface area (Å²) in [5.41, 5.74) is 3.19. The van der Waals surface area contributed by atoms with Gasteiger partial charge >= 0.3 is 0 Å². The standard InChI is InChI=1S/C23H30BrNO4S/c1-23(2,3)18-6-4-5-16(10-18)12-25-20-14-30(28,29)13-17(22(20)27)9-15-7-8-21(26)19(24)11-15/h4-8,10-11,17,20,22,25-27H,9,12-14H2,1-3H3/t17-,20+,22+/m1/s1. The SMILES string of the molecule is CC(C)(C)c1cccc(CN[C@H]2CS(=O)(=O)C[C@@H](Cc3ccc(O)c(Br)c3)[C@@H]2O)c1. The highest BCUT2D eigenvalue weighted by molar-refractivity contribution is 9.10. The molecule has 0 aromatic heterocycles. The maximum Gasteiger partial charge on any atom is 0.152 e. The number of aliphatic hydroxyl groups excluding tert-OH is 1. The van der Waals surface area contributed by atoms with E-state index in [0.717, 1.165) is 11.1 Å². The number of sulfone groups is 1. The first-order chi connectivity index (χ1) is 13.9. The molecule has 1 aliphatic rings. The van der Waals surface area contributed by atoms with E-state index in [4.69, 9.17) is 0 Å². The van der Waals surface area contributed by atoms with E-state index in [-0.39, 0.29) is 22.7 Å². The minimum absolute atomic E-state index is 0.0349. The third-order valence-electron chi connectivity index (χ3n) is 5.67. The number of phenolic OH excluding ortho intramolecular Hbond substituents is 1. The molecule has 0 unspecified atom stereocenters. The first-order valence-corrected chi connectivity index (χ1v) is 12.7. The highest BCUT2D eigenvalue weighted by Gasteiger charge is 2.39. The van der Waals surface area contributed by atoms with Gasteiger partial charge in [0.15, 0.2) is 9.84 Å². The second-order valence-corrected chi connectivity index (χ2v) is 12.3. The molecule has 3 rings (SSSR count). The average molecular weight is 496 g/mol. The van der Waals surface area contributed by atoms with Gasteiger partial charge in [-0.2, -0.15) is 0 Å². The van der Waals surface area contributed by atoms with Gasteiger partial charge in [0.2, 0.25) is 0 Å². The van der Waals surface area contributed by atoms with Crippen molar-refractivity contribution in [3.63, 3.8) is 0 Å². The zero-order valence-corrected chi connectivity index (χ0v) is 20.0. The zero-order valence-electron chi connectivity index (χ0n) is 17.6. The molecule has 30 heavy (non-hydrogen) atoms. The molecule has 1 heterocycles. The summed E-state index contributed by atoms with van der Waals surface area (Å²) in [5, 5.41) is 23.9. The largest absolute Gasteiger partial charge is 0.507 e. The van der Waals surface area contributed by atoms with Gasteiger partial charge in [-0.05, 0) is 56.6 Å².